The quantitative estimate of drug-likeness (QED) is 0.130. The van der Waals surface area contributed by atoms with Crippen molar-refractivity contribution in [3.63, 3.8) is 0 Å². The van der Waals surface area contributed by atoms with Gasteiger partial charge >= 0.3 is 0 Å². The highest BCUT2D eigenvalue weighted by Gasteiger charge is 2.21. The largest absolute Gasteiger partial charge is 0.372 e. The van der Waals surface area contributed by atoms with Gasteiger partial charge in [-0.25, -0.2) is 0 Å². The average Bonchev–Trinajstić information content (AvgIpc) is 3.10. The van der Waals surface area contributed by atoms with Crippen LogP contribution in [-0.2, 0) is 10.8 Å². The zero-order valence-corrected chi connectivity index (χ0v) is 31.8. The summed E-state index contributed by atoms with van der Waals surface area (Å²) in [6.07, 6.45) is 0. The maximum atomic E-state index is 3.64. The van der Waals surface area contributed by atoms with Crippen LogP contribution >= 0.6 is 0 Å². The highest BCUT2D eigenvalue weighted by molar-refractivity contribution is 6.29. The molecule has 0 fully saturated rings. The average molecular weight is 657 g/mol. The number of hydrogen-bond acceptors (Lipinski definition) is 2. The predicted molar refractivity (Wildman–Crippen MR) is 220 cm³/mol. The van der Waals surface area contributed by atoms with E-state index < -0.39 is 0 Å². The van der Waals surface area contributed by atoms with Crippen LogP contribution in [0.3, 0.4) is 0 Å². The highest BCUT2D eigenvalue weighted by atomic mass is 15.1. The Bertz CT molecular complexity index is 2100. The molecule has 0 heterocycles. The summed E-state index contributed by atoms with van der Waals surface area (Å²) in [5, 5.41) is 7.50. The summed E-state index contributed by atoms with van der Waals surface area (Å²) >= 11 is 0. The van der Waals surface area contributed by atoms with Crippen molar-refractivity contribution in [2.75, 3.05) is 36.0 Å². The molecule has 0 amide bonds. The van der Waals surface area contributed by atoms with Gasteiger partial charge in [-0.15, -0.1) is 0 Å². The maximum absolute atomic E-state index is 3.64. The van der Waals surface area contributed by atoms with E-state index >= 15 is 0 Å². The molecule has 6 aromatic carbocycles. The maximum Gasteiger partial charge on any atom is 0.0458 e. The lowest BCUT2D eigenvalue weighted by molar-refractivity contribution is 0.590. The van der Waals surface area contributed by atoms with Gasteiger partial charge in [-0.3, -0.25) is 0 Å². The van der Waals surface area contributed by atoms with Gasteiger partial charge in [0.05, 0.1) is 0 Å². The molecule has 0 aliphatic rings. The van der Waals surface area contributed by atoms with Crippen molar-refractivity contribution in [3.8, 4) is 23.7 Å². The number of benzene rings is 6. The minimum atomic E-state index is 0.112. The third-order valence-electron chi connectivity index (χ3n) is 10.2. The van der Waals surface area contributed by atoms with Crippen LogP contribution in [0.1, 0.15) is 103 Å². The van der Waals surface area contributed by atoms with Crippen molar-refractivity contribution in [2.45, 2.75) is 80.1 Å². The van der Waals surface area contributed by atoms with E-state index in [4.69, 9.17) is 0 Å². The third-order valence-corrected chi connectivity index (χ3v) is 10.2. The van der Waals surface area contributed by atoms with Crippen molar-refractivity contribution in [1.29, 1.82) is 0 Å². The molecule has 6 aromatic rings. The van der Waals surface area contributed by atoms with Crippen LogP contribution in [0.25, 0.3) is 32.3 Å². The van der Waals surface area contributed by atoms with Gasteiger partial charge in [0.15, 0.2) is 0 Å². The molecule has 50 heavy (non-hydrogen) atoms. The zero-order valence-electron chi connectivity index (χ0n) is 31.8. The predicted octanol–water partition coefficient (Wildman–Crippen LogP) is 11.7. The lowest BCUT2D eigenvalue weighted by Gasteiger charge is -2.27. The minimum absolute atomic E-state index is 0.112. The van der Waals surface area contributed by atoms with Crippen LogP contribution in [0.15, 0.2) is 84.9 Å². The van der Waals surface area contributed by atoms with E-state index in [1.165, 1.54) is 54.8 Å². The van der Waals surface area contributed by atoms with Crippen LogP contribution in [0.2, 0.25) is 0 Å². The second-order valence-electron chi connectivity index (χ2n) is 15.5. The van der Waals surface area contributed by atoms with Crippen molar-refractivity contribution in [3.05, 3.63) is 118 Å². The summed E-state index contributed by atoms with van der Waals surface area (Å²) in [6, 6.07) is 31.4. The molecule has 254 valence electrons. The smallest absolute Gasteiger partial charge is 0.0458 e. The molecule has 0 radical (unpaired) electrons. The zero-order chi connectivity index (χ0) is 35.8. The first-order valence-corrected chi connectivity index (χ1v) is 18.4. The summed E-state index contributed by atoms with van der Waals surface area (Å²) in [7, 11) is 0. The second-order valence-corrected chi connectivity index (χ2v) is 15.5. The van der Waals surface area contributed by atoms with Crippen LogP contribution in [0, 0.1) is 23.7 Å². The first-order valence-electron chi connectivity index (χ1n) is 18.4. The van der Waals surface area contributed by atoms with E-state index in [1.54, 1.807) is 0 Å². The summed E-state index contributed by atoms with van der Waals surface area (Å²) in [5.41, 5.74) is 9.53. The van der Waals surface area contributed by atoms with Gasteiger partial charge in [0.1, 0.15) is 0 Å². The molecule has 0 aliphatic carbocycles. The number of anilines is 2. The molecule has 0 aromatic heterocycles. The fourth-order valence-electron chi connectivity index (χ4n) is 7.20. The number of rotatable bonds is 6. The number of nitrogens with zero attached hydrogens (tertiary/aromatic N) is 2. The van der Waals surface area contributed by atoms with Gasteiger partial charge in [0.2, 0.25) is 0 Å². The van der Waals surface area contributed by atoms with E-state index in [1.807, 2.05) is 0 Å². The fraction of sp³-hybridized carbons (Fsp3) is 0.333. The lowest BCUT2D eigenvalue weighted by atomic mass is 9.86. The molecule has 0 spiro atoms. The minimum Gasteiger partial charge on any atom is -0.372 e. The summed E-state index contributed by atoms with van der Waals surface area (Å²) < 4.78 is 0. The highest BCUT2D eigenvalue weighted by Crippen LogP contribution is 2.44. The monoisotopic (exact) mass is 656 g/mol. The standard InChI is InChI=1S/C48H52N2/c1-11-49(12-2)43-31-35(21-15-33-17-23-37(24-18-33)47(5,6)7)39-28-30-42-44(50(13-3)14-4)32-36(40-27-29-41(43)45(39)46(40)42)22-16-34-19-25-38(26-20-34)48(8,9)10/h17-20,23-32H,11-14H2,1-10H3. The van der Waals surface area contributed by atoms with Crippen molar-refractivity contribution >= 4 is 43.7 Å². The van der Waals surface area contributed by atoms with Crippen molar-refractivity contribution < 1.29 is 0 Å². The molecule has 0 unspecified atom stereocenters. The molecule has 2 nitrogen and oxygen atoms in total. The Balaban J connectivity index is 1.62. The normalized spacial score (nSPS) is 11.8. The third kappa shape index (κ3) is 6.65. The van der Waals surface area contributed by atoms with Crippen LogP contribution in [-0.4, -0.2) is 26.2 Å². The van der Waals surface area contributed by atoms with Crippen LogP contribution < -0.4 is 9.80 Å². The molecular formula is C48H52N2. The van der Waals surface area contributed by atoms with Crippen molar-refractivity contribution in [1.82, 2.24) is 0 Å². The van der Waals surface area contributed by atoms with E-state index in [2.05, 4.69) is 188 Å². The molecular weight excluding hydrogens is 605 g/mol. The Morgan fingerprint density at radius 1 is 0.420 bits per heavy atom. The van der Waals surface area contributed by atoms with Gasteiger partial charge in [-0.1, -0.05) is 114 Å². The molecule has 6 rings (SSSR count). The van der Waals surface area contributed by atoms with Gasteiger partial charge < -0.3 is 9.80 Å². The van der Waals surface area contributed by atoms with Gasteiger partial charge in [0.25, 0.3) is 0 Å². The Morgan fingerprint density at radius 2 is 0.740 bits per heavy atom. The summed E-state index contributed by atoms with van der Waals surface area (Å²) in [6.45, 7) is 26.2. The SMILES string of the molecule is CCN(CC)c1cc(C#Cc2ccc(C(C)(C)C)cc2)c2ccc3c(N(CC)CC)cc(C#Cc4ccc(C(C)(C)C)cc4)c4ccc1c2c43. The van der Waals surface area contributed by atoms with Crippen molar-refractivity contribution in [2.24, 2.45) is 0 Å². The summed E-state index contributed by atoms with van der Waals surface area (Å²) in [5.74, 6) is 14.3. The molecule has 0 N–H and O–H groups in total. The van der Waals surface area contributed by atoms with Crippen LogP contribution in [0.5, 0.6) is 0 Å². The Labute approximate surface area is 300 Å². The Morgan fingerprint density at radius 3 is 1.04 bits per heavy atom. The molecule has 2 heteroatoms. The molecule has 0 bridgehead atoms. The first kappa shape index (κ1) is 34.9. The Kier molecular flexibility index (Phi) is 9.62. The van der Waals surface area contributed by atoms with Gasteiger partial charge in [0, 0.05) is 81.4 Å². The van der Waals surface area contributed by atoms with Crippen LogP contribution in [0.4, 0.5) is 11.4 Å². The van der Waals surface area contributed by atoms with E-state index in [0.717, 1.165) is 48.4 Å². The molecule has 0 saturated carbocycles. The molecule has 0 saturated heterocycles. The first-order chi connectivity index (χ1) is 23.9. The fourth-order valence-corrected chi connectivity index (χ4v) is 7.20. The van der Waals surface area contributed by atoms with E-state index in [0.29, 0.717) is 0 Å². The molecule has 0 aliphatic heterocycles. The van der Waals surface area contributed by atoms with Gasteiger partial charge in [-0.05, 0) is 96.8 Å². The lowest BCUT2D eigenvalue weighted by Crippen LogP contribution is -2.22. The molecule has 0 atom stereocenters. The second kappa shape index (κ2) is 13.8. The number of hydrogen-bond donors (Lipinski definition) is 0. The Hall–Kier alpha value is -4.92. The topological polar surface area (TPSA) is 6.48 Å². The van der Waals surface area contributed by atoms with E-state index in [-0.39, 0.29) is 10.8 Å². The van der Waals surface area contributed by atoms with Gasteiger partial charge in [-0.2, -0.15) is 0 Å². The summed E-state index contributed by atoms with van der Waals surface area (Å²) in [4.78, 5) is 4.92. The van der Waals surface area contributed by atoms with E-state index in [9.17, 15) is 0 Å².